The maximum Gasteiger partial charge on any atom is 0.0695 e. The van der Waals surface area contributed by atoms with Gasteiger partial charge >= 0.3 is 0 Å². The van der Waals surface area contributed by atoms with Crippen LogP contribution in [0, 0.1) is 5.41 Å². The fraction of sp³-hybridized carbons (Fsp3) is 1.00. The summed E-state index contributed by atoms with van der Waals surface area (Å²) in [5, 5.41) is 10.2. The number of rotatable bonds is 5. The Morgan fingerprint density at radius 1 is 1.41 bits per heavy atom. The third-order valence-corrected chi connectivity index (χ3v) is 3.97. The molecule has 0 bridgehead atoms. The first-order chi connectivity index (χ1) is 7.87. The SMILES string of the molecule is COCCN(C(C)C)C1CC(C)(C)CCC1O. The molecule has 0 radical (unpaired) electrons. The largest absolute Gasteiger partial charge is 0.391 e. The monoisotopic (exact) mass is 243 g/mol. The zero-order chi connectivity index (χ0) is 13.1. The maximum atomic E-state index is 10.2. The third-order valence-electron chi connectivity index (χ3n) is 3.97. The highest BCUT2D eigenvalue weighted by molar-refractivity contribution is 4.91. The molecule has 1 N–H and O–H groups in total. The summed E-state index contributed by atoms with van der Waals surface area (Å²) in [5.74, 6) is 0. The average molecular weight is 243 g/mol. The van der Waals surface area contributed by atoms with Crippen LogP contribution in [0.4, 0.5) is 0 Å². The van der Waals surface area contributed by atoms with Gasteiger partial charge in [0.15, 0.2) is 0 Å². The standard InChI is InChI=1S/C14H29NO2/c1-11(2)15(8-9-17-5)12-10-14(3,4)7-6-13(12)16/h11-13,16H,6-10H2,1-5H3. The van der Waals surface area contributed by atoms with E-state index < -0.39 is 0 Å². The van der Waals surface area contributed by atoms with E-state index in [9.17, 15) is 5.11 Å². The van der Waals surface area contributed by atoms with Crippen molar-refractivity contribution < 1.29 is 9.84 Å². The van der Waals surface area contributed by atoms with E-state index in [1.54, 1.807) is 7.11 Å². The number of aliphatic hydroxyl groups is 1. The van der Waals surface area contributed by atoms with Crippen molar-refractivity contribution >= 4 is 0 Å². The Hall–Kier alpha value is -0.120. The molecule has 0 aromatic carbocycles. The predicted molar refractivity (Wildman–Crippen MR) is 71.1 cm³/mol. The van der Waals surface area contributed by atoms with Gasteiger partial charge in [-0.15, -0.1) is 0 Å². The minimum atomic E-state index is -0.178. The minimum Gasteiger partial charge on any atom is -0.391 e. The van der Waals surface area contributed by atoms with Gasteiger partial charge in [0.05, 0.1) is 12.7 Å². The third kappa shape index (κ3) is 4.23. The van der Waals surface area contributed by atoms with Crippen molar-refractivity contribution in [2.75, 3.05) is 20.3 Å². The van der Waals surface area contributed by atoms with Crippen LogP contribution in [0.1, 0.15) is 47.0 Å². The van der Waals surface area contributed by atoms with E-state index in [1.807, 2.05) is 0 Å². The van der Waals surface area contributed by atoms with E-state index in [0.717, 1.165) is 32.4 Å². The lowest BCUT2D eigenvalue weighted by molar-refractivity contribution is -0.0363. The van der Waals surface area contributed by atoms with Crippen LogP contribution in [0.5, 0.6) is 0 Å². The van der Waals surface area contributed by atoms with Gasteiger partial charge in [-0.1, -0.05) is 13.8 Å². The Bertz CT molecular complexity index is 228. The summed E-state index contributed by atoms with van der Waals surface area (Å²) in [6, 6.07) is 0.743. The molecule has 1 aliphatic rings. The van der Waals surface area contributed by atoms with E-state index in [2.05, 4.69) is 32.6 Å². The van der Waals surface area contributed by atoms with Gasteiger partial charge in [-0.05, 0) is 38.5 Å². The van der Waals surface area contributed by atoms with Crippen molar-refractivity contribution in [2.45, 2.75) is 65.1 Å². The smallest absolute Gasteiger partial charge is 0.0695 e. The lowest BCUT2D eigenvalue weighted by Crippen LogP contribution is -2.52. The first-order valence-electron chi connectivity index (χ1n) is 6.80. The number of hydrogen-bond donors (Lipinski definition) is 1. The second kappa shape index (κ2) is 6.17. The zero-order valence-corrected chi connectivity index (χ0v) is 12.1. The second-order valence-electron chi connectivity index (χ2n) is 6.37. The van der Waals surface area contributed by atoms with Crippen LogP contribution < -0.4 is 0 Å². The van der Waals surface area contributed by atoms with Gasteiger partial charge in [-0.2, -0.15) is 0 Å². The van der Waals surface area contributed by atoms with Crippen molar-refractivity contribution in [3.8, 4) is 0 Å². The average Bonchev–Trinajstić information content (AvgIpc) is 2.23. The molecule has 102 valence electrons. The molecule has 1 fully saturated rings. The summed E-state index contributed by atoms with van der Waals surface area (Å²) < 4.78 is 5.18. The van der Waals surface area contributed by atoms with Crippen LogP contribution in [-0.2, 0) is 4.74 Å². The van der Waals surface area contributed by atoms with Gasteiger partial charge in [0, 0.05) is 25.7 Å². The van der Waals surface area contributed by atoms with Crippen LogP contribution >= 0.6 is 0 Å². The maximum absolute atomic E-state index is 10.2. The molecule has 2 atom stereocenters. The first-order valence-corrected chi connectivity index (χ1v) is 6.80. The quantitative estimate of drug-likeness (QED) is 0.804. The van der Waals surface area contributed by atoms with Crippen molar-refractivity contribution in [3.05, 3.63) is 0 Å². The van der Waals surface area contributed by atoms with Crippen LogP contribution in [0.25, 0.3) is 0 Å². The van der Waals surface area contributed by atoms with Gasteiger partial charge in [0.2, 0.25) is 0 Å². The zero-order valence-electron chi connectivity index (χ0n) is 12.1. The molecule has 0 amide bonds. The molecule has 1 aliphatic carbocycles. The molecular weight excluding hydrogens is 214 g/mol. The second-order valence-corrected chi connectivity index (χ2v) is 6.37. The van der Waals surface area contributed by atoms with Crippen molar-refractivity contribution in [1.29, 1.82) is 0 Å². The highest BCUT2D eigenvalue weighted by Crippen LogP contribution is 2.37. The summed E-state index contributed by atoms with van der Waals surface area (Å²) in [7, 11) is 1.74. The Morgan fingerprint density at radius 2 is 2.06 bits per heavy atom. The minimum absolute atomic E-state index is 0.178. The van der Waals surface area contributed by atoms with E-state index in [1.165, 1.54) is 0 Å². The summed E-state index contributed by atoms with van der Waals surface area (Å²) in [6.07, 6.45) is 2.95. The molecule has 1 rings (SSSR count). The van der Waals surface area contributed by atoms with Crippen LogP contribution in [0.15, 0.2) is 0 Å². The first kappa shape index (κ1) is 14.9. The molecule has 1 saturated carbocycles. The number of aliphatic hydroxyl groups excluding tert-OH is 1. The van der Waals surface area contributed by atoms with E-state index >= 15 is 0 Å². The van der Waals surface area contributed by atoms with Crippen molar-refractivity contribution in [2.24, 2.45) is 5.41 Å². The highest BCUT2D eigenvalue weighted by atomic mass is 16.5. The molecule has 0 heterocycles. The van der Waals surface area contributed by atoms with Gasteiger partial charge in [0.25, 0.3) is 0 Å². The predicted octanol–water partition coefficient (Wildman–Crippen LogP) is 2.28. The normalized spacial score (nSPS) is 28.9. The number of hydrogen-bond acceptors (Lipinski definition) is 3. The molecule has 0 aromatic rings. The van der Waals surface area contributed by atoms with Crippen LogP contribution in [0.3, 0.4) is 0 Å². The van der Waals surface area contributed by atoms with Gasteiger partial charge < -0.3 is 9.84 Å². The van der Waals surface area contributed by atoms with Gasteiger partial charge in [0.1, 0.15) is 0 Å². The molecule has 3 nitrogen and oxygen atoms in total. The van der Waals surface area contributed by atoms with E-state index in [4.69, 9.17) is 4.74 Å². The van der Waals surface area contributed by atoms with E-state index in [-0.39, 0.29) is 12.1 Å². The number of ether oxygens (including phenoxy) is 1. The molecule has 17 heavy (non-hydrogen) atoms. The Labute approximate surface area is 106 Å². The fourth-order valence-corrected chi connectivity index (χ4v) is 2.88. The lowest BCUT2D eigenvalue weighted by Gasteiger charge is -2.45. The molecule has 0 saturated heterocycles. The van der Waals surface area contributed by atoms with Gasteiger partial charge in [-0.25, -0.2) is 0 Å². The topological polar surface area (TPSA) is 32.7 Å². The van der Waals surface area contributed by atoms with E-state index in [0.29, 0.717) is 11.5 Å². The lowest BCUT2D eigenvalue weighted by atomic mass is 9.73. The molecule has 2 unspecified atom stereocenters. The van der Waals surface area contributed by atoms with Crippen LogP contribution in [0.2, 0.25) is 0 Å². The fourth-order valence-electron chi connectivity index (χ4n) is 2.88. The summed E-state index contributed by atoms with van der Waals surface area (Å²) >= 11 is 0. The molecule has 0 spiro atoms. The summed E-state index contributed by atoms with van der Waals surface area (Å²) in [4.78, 5) is 2.40. The van der Waals surface area contributed by atoms with Crippen molar-refractivity contribution in [3.63, 3.8) is 0 Å². The molecule has 0 aromatic heterocycles. The summed E-state index contributed by atoms with van der Waals surface area (Å²) in [5.41, 5.74) is 0.351. The molecule has 0 aliphatic heterocycles. The number of nitrogens with zero attached hydrogens (tertiary/aromatic N) is 1. The summed E-state index contributed by atoms with van der Waals surface area (Å²) in [6.45, 7) is 10.7. The molecule has 3 heteroatoms. The van der Waals surface area contributed by atoms with Crippen molar-refractivity contribution in [1.82, 2.24) is 4.90 Å². The van der Waals surface area contributed by atoms with Gasteiger partial charge in [-0.3, -0.25) is 4.90 Å². The molecular formula is C14H29NO2. The Balaban J connectivity index is 2.69. The Kier molecular flexibility index (Phi) is 5.42. The number of methoxy groups -OCH3 is 1. The highest BCUT2D eigenvalue weighted by Gasteiger charge is 2.37. The Morgan fingerprint density at radius 3 is 2.59 bits per heavy atom. The van der Waals surface area contributed by atoms with Crippen LogP contribution in [-0.4, -0.2) is 48.5 Å².